The fraction of sp³-hybridized carbons (Fsp3) is 0.391. The number of methoxy groups -OCH3 is 1. The molecule has 29 heavy (non-hydrogen) atoms. The number of halogens is 1. The Balaban J connectivity index is 1.62. The summed E-state index contributed by atoms with van der Waals surface area (Å²) in [6, 6.07) is 13.6. The Bertz CT molecular complexity index is 893. The second-order valence-electron chi connectivity index (χ2n) is 7.71. The van der Waals surface area contributed by atoms with E-state index < -0.39 is 5.82 Å². The molecular weight excluding hydrogens is 371 g/mol. The predicted molar refractivity (Wildman–Crippen MR) is 107 cm³/mol. The van der Waals surface area contributed by atoms with Crippen molar-refractivity contribution in [3.8, 4) is 5.75 Å². The van der Waals surface area contributed by atoms with Crippen molar-refractivity contribution in [2.24, 2.45) is 5.92 Å². The molecular formula is C23H25FN2O3. The van der Waals surface area contributed by atoms with Gasteiger partial charge in [-0.15, -0.1) is 0 Å². The highest BCUT2D eigenvalue weighted by atomic mass is 19.1. The van der Waals surface area contributed by atoms with Crippen molar-refractivity contribution >= 4 is 11.8 Å². The third-order valence-corrected chi connectivity index (χ3v) is 5.99. The Morgan fingerprint density at radius 2 is 1.66 bits per heavy atom. The van der Waals surface area contributed by atoms with Crippen LogP contribution in [-0.4, -0.2) is 54.9 Å². The number of benzene rings is 2. The molecule has 2 fully saturated rings. The fourth-order valence-corrected chi connectivity index (χ4v) is 4.39. The summed E-state index contributed by atoms with van der Waals surface area (Å²) in [5.41, 5.74) is 1.04. The van der Waals surface area contributed by atoms with E-state index in [0.29, 0.717) is 13.1 Å². The summed E-state index contributed by atoms with van der Waals surface area (Å²) >= 11 is 0. The zero-order chi connectivity index (χ0) is 20.4. The molecule has 2 aliphatic rings. The summed E-state index contributed by atoms with van der Waals surface area (Å²) in [4.78, 5) is 29.7. The van der Waals surface area contributed by atoms with Crippen molar-refractivity contribution in [2.75, 3.05) is 33.3 Å². The SMILES string of the molecule is COc1ccc(C2CN(C(=O)c3ccccc3F)CC2C(=O)N2CCCC2)cc1. The van der Waals surface area contributed by atoms with Gasteiger partial charge in [-0.1, -0.05) is 24.3 Å². The molecule has 2 aromatic carbocycles. The third-order valence-electron chi connectivity index (χ3n) is 5.99. The van der Waals surface area contributed by atoms with Crippen LogP contribution >= 0.6 is 0 Å². The Kier molecular flexibility index (Phi) is 5.51. The second kappa shape index (κ2) is 8.23. The molecule has 6 heteroatoms. The molecule has 2 amide bonds. The molecule has 2 aliphatic heterocycles. The molecule has 2 atom stereocenters. The predicted octanol–water partition coefficient (Wildman–Crippen LogP) is 3.31. The van der Waals surface area contributed by atoms with E-state index in [1.807, 2.05) is 29.2 Å². The first-order valence-electron chi connectivity index (χ1n) is 10.0. The van der Waals surface area contributed by atoms with Gasteiger partial charge in [0.15, 0.2) is 0 Å². The third kappa shape index (κ3) is 3.84. The molecule has 5 nitrogen and oxygen atoms in total. The maximum absolute atomic E-state index is 14.2. The van der Waals surface area contributed by atoms with Crippen molar-refractivity contribution < 1.29 is 18.7 Å². The normalized spacial score (nSPS) is 21.4. The number of nitrogens with zero attached hydrogens (tertiary/aromatic N) is 2. The lowest BCUT2D eigenvalue weighted by Crippen LogP contribution is -2.37. The van der Waals surface area contributed by atoms with Crippen molar-refractivity contribution in [2.45, 2.75) is 18.8 Å². The molecule has 2 heterocycles. The van der Waals surface area contributed by atoms with Crippen LogP contribution in [-0.2, 0) is 4.79 Å². The van der Waals surface area contributed by atoms with E-state index in [9.17, 15) is 14.0 Å². The highest BCUT2D eigenvalue weighted by molar-refractivity contribution is 5.95. The number of ether oxygens (including phenoxy) is 1. The number of likely N-dealkylation sites (tertiary alicyclic amines) is 2. The summed E-state index contributed by atoms with van der Waals surface area (Å²) in [5.74, 6) is -0.506. The summed E-state index contributed by atoms with van der Waals surface area (Å²) in [5, 5.41) is 0. The van der Waals surface area contributed by atoms with Crippen LogP contribution in [0.25, 0.3) is 0 Å². The van der Waals surface area contributed by atoms with E-state index in [0.717, 1.165) is 37.2 Å². The molecule has 0 radical (unpaired) electrons. The van der Waals surface area contributed by atoms with E-state index in [4.69, 9.17) is 4.74 Å². The van der Waals surface area contributed by atoms with E-state index in [1.165, 1.54) is 12.1 Å². The maximum Gasteiger partial charge on any atom is 0.256 e. The molecule has 0 bridgehead atoms. The van der Waals surface area contributed by atoms with Crippen LogP contribution in [0.3, 0.4) is 0 Å². The lowest BCUT2D eigenvalue weighted by molar-refractivity contribution is -0.134. The first kappa shape index (κ1) is 19.4. The minimum Gasteiger partial charge on any atom is -0.497 e. The van der Waals surface area contributed by atoms with Crippen LogP contribution in [0.1, 0.15) is 34.7 Å². The standard InChI is InChI=1S/C23H25FN2O3/c1-29-17-10-8-16(9-11-17)19-14-26(22(27)18-6-2-3-7-21(18)24)15-20(19)23(28)25-12-4-5-13-25/h2-3,6-11,19-20H,4-5,12-15H2,1H3. The first-order valence-corrected chi connectivity index (χ1v) is 10.0. The molecule has 152 valence electrons. The van der Waals surface area contributed by atoms with Crippen LogP contribution in [0.15, 0.2) is 48.5 Å². The second-order valence-corrected chi connectivity index (χ2v) is 7.71. The summed E-state index contributed by atoms with van der Waals surface area (Å²) in [7, 11) is 1.61. The van der Waals surface area contributed by atoms with Gasteiger partial charge in [0.25, 0.3) is 5.91 Å². The lowest BCUT2D eigenvalue weighted by Gasteiger charge is -2.24. The Morgan fingerprint density at radius 3 is 2.31 bits per heavy atom. The van der Waals surface area contributed by atoms with Gasteiger partial charge < -0.3 is 14.5 Å². The number of rotatable bonds is 4. The van der Waals surface area contributed by atoms with Gasteiger partial charge in [-0.2, -0.15) is 0 Å². The molecule has 0 spiro atoms. The number of hydrogen-bond donors (Lipinski definition) is 0. The number of carbonyl (C=O) groups is 2. The summed E-state index contributed by atoms with van der Waals surface area (Å²) < 4.78 is 19.4. The molecule has 0 aromatic heterocycles. The molecule has 0 saturated carbocycles. The summed E-state index contributed by atoms with van der Waals surface area (Å²) in [6.45, 7) is 2.24. The van der Waals surface area contributed by atoms with Gasteiger partial charge in [-0.05, 0) is 42.7 Å². The maximum atomic E-state index is 14.2. The quantitative estimate of drug-likeness (QED) is 0.797. The summed E-state index contributed by atoms with van der Waals surface area (Å²) in [6.07, 6.45) is 2.03. The molecule has 4 rings (SSSR count). The van der Waals surface area contributed by atoms with Gasteiger partial charge in [0, 0.05) is 32.1 Å². The molecule has 0 N–H and O–H groups in total. The minimum absolute atomic E-state index is 0.0512. The Labute approximate surface area is 170 Å². The number of amides is 2. The zero-order valence-electron chi connectivity index (χ0n) is 16.5. The average molecular weight is 396 g/mol. The highest BCUT2D eigenvalue weighted by Gasteiger charge is 2.42. The van der Waals surface area contributed by atoms with Crippen LogP contribution in [0, 0.1) is 11.7 Å². The monoisotopic (exact) mass is 396 g/mol. The van der Waals surface area contributed by atoms with E-state index in [-0.39, 0.29) is 29.2 Å². The number of carbonyl (C=O) groups excluding carboxylic acids is 2. The van der Waals surface area contributed by atoms with Crippen molar-refractivity contribution in [1.29, 1.82) is 0 Å². The van der Waals surface area contributed by atoms with Gasteiger partial charge in [-0.3, -0.25) is 9.59 Å². The van der Waals surface area contributed by atoms with Gasteiger partial charge in [0.2, 0.25) is 5.91 Å². The van der Waals surface area contributed by atoms with Gasteiger partial charge in [0.1, 0.15) is 11.6 Å². The van der Waals surface area contributed by atoms with Crippen molar-refractivity contribution in [3.05, 3.63) is 65.5 Å². The number of hydrogen-bond acceptors (Lipinski definition) is 3. The minimum atomic E-state index is -0.534. The smallest absolute Gasteiger partial charge is 0.256 e. The van der Waals surface area contributed by atoms with Crippen LogP contribution in [0.2, 0.25) is 0 Å². The first-order chi connectivity index (χ1) is 14.1. The molecule has 2 aromatic rings. The largest absolute Gasteiger partial charge is 0.497 e. The zero-order valence-corrected chi connectivity index (χ0v) is 16.5. The van der Waals surface area contributed by atoms with Crippen molar-refractivity contribution in [1.82, 2.24) is 9.80 Å². The Morgan fingerprint density at radius 1 is 0.966 bits per heavy atom. The van der Waals surface area contributed by atoms with Crippen LogP contribution in [0.4, 0.5) is 4.39 Å². The molecule has 2 saturated heterocycles. The topological polar surface area (TPSA) is 49.9 Å². The van der Waals surface area contributed by atoms with Gasteiger partial charge in [-0.25, -0.2) is 4.39 Å². The van der Waals surface area contributed by atoms with Crippen LogP contribution in [0.5, 0.6) is 5.75 Å². The average Bonchev–Trinajstić information content (AvgIpc) is 3.44. The molecule has 0 aliphatic carbocycles. The lowest BCUT2D eigenvalue weighted by atomic mass is 9.88. The van der Waals surface area contributed by atoms with Gasteiger partial charge >= 0.3 is 0 Å². The fourth-order valence-electron chi connectivity index (χ4n) is 4.39. The van der Waals surface area contributed by atoms with E-state index in [1.54, 1.807) is 24.1 Å². The van der Waals surface area contributed by atoms with Gasteiger partial charge in [0.05, 0.1) is 18.6 Å². The highest BCUT2D eigenvalue weighted by Crippen LogP contribution is 2.36. The Hall–Kier alpha value is -2.89. The van der Waals surface area contributed by atoms with Crippen molar-refractivity contribution in [3.63, 3.8) is 0 Å². The van der Waals surface area contributed by atoms with E-state index >= 15 is 0 Å². The van der Waals surface area contributed by atoms with E-state index in [2.05, 4.69) is 0 Å². The van der Waals surface area contributed by atoms with Crippen LogP contribution < -0.4 is 4.74 Å². The molecule has 2 unspecified atom stereocenters.